The van der Waals surface area contributed by atoms with Gasteiger partial charge in [0.25, 0.3) is 0 Å². The van der Waals surface area contributed by atoms with Crippen LogP contribution in [-0.2, 0) is 11.2 Å². The SMILES string of the molecule is CCc1ncc2c(C(N)C(=O)O)cccn12. The fraction of sp³-hybridized carbons (Fsp3) is 0.273. The first-order chi connectivity index (χ1) is 7.65. The van der Waals surface area contributed by atoms with Crippen LogP contribution in [-0.4, -0.2) is 20.5 Å². The molecule has 0 radical (unpaired) electrons. The molecule has 2 aromatic heterocycles. The molecule has 2 aromatic rings. The normalized spacial score (nSPS) is 12.9. The standard InChI is InChI=1S/C11H13N3O2/c1-2-9-13-6-8-7(10(12)11(15)16)4-3-5-14(8)9/h3-6,10H,2,12H2,1H3,(H,15,16). The van der Waals surface area contributed by atoms with E-state index in [0.29, 0.717) is 5.56 Å². The van der Waals surface area contributed by atoms with Crippen molar-refractivity contribution < 1.29 is 9.90 Å². The van der Waals surface area contributed by atoms with Gasteiger partial charge in [-0.15, -0.1) is 0 Å². The molecule has 0 aromatic carbocycles. The summed E-state index contributed by atoms with van der Waals surface area (Å²) in [6.07, 6.45) is 4.32. The van der Waals surface area contributed by atoms with Crippen molar-refractivity contribution in [1.82, 2.24) is 9.38 Å². The van der Waals surface area contributed by atoms with Crippen molar-refractivity contribution in [3.63, 3.8) is 0 Å². The lowest BCUT2D eigenvalue weighted by molar-refractivity contribution is -0.138. The van der Waals surface area contributed by atoms with Crippen molar-refractivity contribution in [2.45, 2.75) is 19.4 Å². The molecule has 16 heavy (non-hydrogen) atoms. The molecular formula is C11H13N3O2. The monoisotopic (exact) mass is 219 g/mol. The van der Waals surface area contributed by atoms with Gasteiger partial charge >= 0.3 is 5.97 Å². The number of nitrogens with two attached hydrogens (primary N) is 1. The van der Waals surface area contributed by atoms with E-state index in [4.69, 9.17) is 10.8 Å². The van der Waals surface area contributed by atoms with Crippen LogP contribution in [0.15, 0.2) is 24.5 Å². The Morgan fingerprint density at radius 3 is 3.06 bits per heavy atom. The van der Waals surface area contributed by atoms with Crippen LogP contribution in [0.5, 0.6) is 0 Å². The largest absolute Gasteiger partial charge is 0.480 e. The molecule has 0 amide bonds. The second-order valence-corrected chi connectivity index (χ2v) is 3.56. The van der Waals surface area contributed by atoms with Gasteiger partial charge in [0.15, 0.2) is 0 Å². The topological polar surface area (TPSA) is 80.6 Å². The highest BCUT2D eigenvalue weighted by Crippen LogP contribution is 2.18. The Labute approximate surface area is 92.5 Å². The van der Waals surface area contributed by atoms with Gasteiger partial charge in [0.1, 0.15) is 11.9 Å². The molecule has 2 rings (SSSR count). The van der Waals surface area contributed by atoms with Crippen LogP contribution in [0.3, 0.4) is 0 Å². The molecule has 0 aliphatic rings. The highest BCUT2D eigenvalue weighted by Gasteiger charge is 2.18. The average molecular weight is 219 g/mol. The van der Waals surface area contributed by atoms with E-state index >= 15 is 0 Å². The van der Waals surface area contributed by atoms with E-state index in [1.807, 2.05) is 17.5 Å². The predicted octanol–water partition coefficient (Wildman–Crippen LogP) is 0.981. The third kappa shape index (κ3) is 1.55. The number of rotatable bonds is 3. The zero-order valence-corrected chi connectivity index (χ0v) is 8.92. The van der Waals surface area contributed by atoms with Crippen LogP contribution >= 0.6 is 0 Å². The molecular weight excluding hydrogens is 206 g/mol. The fourth-order valence-electron chi connectivity index (χ4n) is 1.75. The van der Waals surface area contributed by atoms with E-state index in [2.05, 4.69) is 4.98 Å². The Kier molecular flexibility index (Phi) is 2.62. The Hall–Kier alpha value is -1.88. The lowest BCUT2D eigenvalue weighted by Crippen LogP contribution is -2.21. The summed E-state index contributed by atoms with van der Waals surface area (Å²) in [4.78, 5) is 15.1. The number of aliphatic carboxylic acids is 1. The Morgan fingerprint density at radius 2 is 2.44 bits per heavy atom. The number of carboxylic acids is 1. The summed E-state index contributed by atoms with van der Waals surface area (Å²) >= 11 is 0. The first-order valence-electron chi connectivity index (χ1n) is 5.08. The van der Waals surface area contributed by atoms with Crippen molar-refractivity contribution in [3.05, 3.63) is 35.9 Å². The quantitative estimate of drug-likeness (QED) is 0.806. The molecule has 5 nitrogen and oxygen atoms in total. The predicted molar refractivity (Wildman–Crippen MR) is 59.1 cm³/mol. The minimum Gasteiger partial charge on any atom is -0.480 e. The summed E-state index contributed by atoms with van der Waals surface area (Å²) in [6.45, 7) is 2.00. The van der Waals surface area contributed by atoms with E-state index in [1.165, 1.54) is 0 Å². The van der Waals surface area contributed by atoms with Gasteiger partial charge in [-0.05, 0) is 6.07 Å². The van der Waals surface area contributed by atoms with E-state index < -0.39 is 12.0 Å². The van der Waals surface area contributed by atoms with E-state index in [1.54, 1.807) is 18.3 Å². The maximum Gasteiger partial charge on any atom is 0.325 e. The van der Waals surface area contributed by atoms with Gasteiger partial charge in [-0.2, -0.15) is 0 Å². The minimum atomic E-state index is -1.03. The first-order valence-corrected chi connectivity index (χ1v) is 5.08. The maximum atomic E-state index is 10.9. The number of aryl methyl sites for hydroxylation is 1. The molecule has 0 saturated heterocycles. The molecule has 5 heteroatoms. The van der Waals surface area contributed by atoms with Gasteiger partial charge in [-0.3, -0.25) is 4.79 Å². The molecule has 0 fully saturated rings. The number of hydrogen-bond acceptors (Lipinski definition) is 3. The number of nitrogens with zero attached hydrogens (tertiary/aromatic N) is 2. The van der Waals surface area contributed by atoms with Crippen LogP contribution in [0.4, 0.5) is 0 Å². The Bertz CT molecular complexity index is 533. The summed E-state index contributed by atoms with van der Waals surface area (Å²) in [5.41, 5.74) is 6.96. The summed E-state index contributed by atoms with van der Waals surface area (Å²) in [5.74, 6) is -0.137. The summed E-state index contributed by atoms with van der Waals surface area (Å²) in [6, 6.07) is 2.49. The number of imidazole rings is 1. The number of hydrogen-bond donors (Lipinski definition) is 2. The molecule has 1 unspecified atom stereocenters. The van der Waals surface area contributed by atoms with Crippen molar-refractivity contribution in [3.8, 4) is 0 Å². The molecule has 84 valence electrons. The highest BCUT2D eigenvalue weighted by atomic mass is 16.4. The lowest BCUT2D eigenvalue weighted by Gasteiger charge is -2.08. The summed E-state index contributed by atoms with van der Waals surface area (Å²) in [5, 5.41) is 8.90. The number of pyridine rings is 1. The highest BCUT2D eigenvalue weighted by molar-refractivity contribution is 5.78. The van der Waals surface area contributed by atoms with E-state index in [9.17, 15) is 4.79 Å². The molecule has 0 bridgehead atoms. The molecule has 2 heterocycles. The number of carbonyl (C=O) groups is 1. The second kappa shape index (κ2) is 3.94. The van der Waals surface area contributed by atoms with E-state index in [0.717, 1.165) is 17.8 Å². The van der Waals surface area contributed by atoms with Crippen LogP contribution in [0, 0.1) is 0 Å². The molecule has 0 spiro atoms. The van der Waals surface area contributed by atoms with Crippen molar-refractivity contribution in [2.75, 3.05) is 0 Å². The third-order valence-corrected chi connectivity index (χ3v) is 2.60. The van der Waals surface area contributed by atoms with Gasteiger partial charge in [0.2, 0.25) is 0 Å². The Morgan fingerprint density at radius 1 is 1.69 bits per heavy atom. The van der Waals surface area contributed by atoms with Crippen LogP contribution in [0.25, 0.3) is 5.52 Å². The fourth-order valence-corrected chi connectivity index (χ4v) is 1.75. The van der Waals surface area contributed by atoms with Gasteiger partial charge in [0, 0.05) is 18.2 Å². The van der Waals surface area contributed by atoms with Crippen molar-refractivity contribution >= 4 is 11.5 Å². The van der Waals surface area contributed by atoms with Crippen LogP contribution < -0.4 is 5.73 Å². The average Bonchev–Trinajstić information content (AvgIpc) is 2.70. The van der Waals surface area contributed by atoms with Gasteiger partial charge in [-0.25, -0.2) is 4.98 Å². The third-order valence-electron chi connectivity index (χ3n) is 2.60. The number of carboxylic acid groups (broad SMARTS) is 1. The lowest BCUT2D eigenvalue weighted by atomic mass is 10.1. The van der Waals surface area contributed by atoms with Gasteiger partial charge < -0.3 is 15.2 Å². The second-order valence-electron chi connectivity index (χ2n) is 3.56. The molecule has 0 aliphatic heterocycles. The van der Waals surface area contributed by atoms with Gasteiger partial charge in [0.05, 0.1) is 11.7 Å². The molecule has 0 saturated carbocycles. The van der Waals surface area contributed by atoms with Crippen LogP contribution in [0.1, 0.15) is 24.4 Å². The minimum absolute atomic E-state index is 0.585. The van der Waals surface area contributed by atoms with Crippen molar-refractivity contribution in [2.24, 2.45) is 5.73 Å². The molecule has 1 atom stereocenters. The van der Waals surface area contributed by atoms with Crippen molar-refractivity contribution in [1.29, 1.82) is 0 Å². The maximum absolute atomic E-state index is 10.9. The summed E-state index contributed by atoms with van der Waals surface area (Å²) < 4.78 is 1.87. The van der Waals surface area contributed by atoms with E-state index in [-0.39, 0.29) is 0 Å². The number of aromatic nitrogens is 2. The summed E-state index contributed by atoms with van der Waals surface area (Å²) in [7, 11) is 0. The number of fused-ring (bicyclic) bond motifs is 1. The molecule has 0 aliphatic carbocycles. The van der Waals surface area contributed by atoms with Crippen LogP contribution in [0.2, 0.25) is 0 Å². The zero-order valence-electron chi connectivity index (χ0n) is 8.92. The Balaban J connectivity index is 2.63. The first kappa shape index (κ1) is 10.6. The molecule has 3 N–H and O–H groups in total. The smallest absolute Gasteiger partial charge is 0.325 e. The zero-order chi connectivity index (χ0) is 11.7. The van der Waals surface area contributed by atoms with Gasteiger partial charge in [-0.1, -0.05) is 13.0 Å².